The van der Waals surface area contributed by atoms with Gasteiger partial charge in [0.05, 0.1) is 23.8 Å². The van der Waals surface area contributed by atoms with Gasteiger partial charge in [0.2, 0.25) is 0 Å². The third kappa shape index (κ3) is 4.14. The minimum Gasteiger partial charge on any atom is -0.454 e. The highest BCUT2D eigenvalue weighted by Crippen LogP contribution is 2.49. The maximum absolute atomic E-state index is 6.87. The number of benzene rings is 6. The normalized spacial score (nSPS) is 19.5. The van der Waals surface area contributed by atoms with Crippen molar-refractivity contribution in [2.45, 2.75) is 18.1 Å². The number of para-hydroxylation sites is 3. The van der Waals surface area contributed by atoms with E-state index in [0.29, 0.717) is 0 Å². The summed E-state index contributed by atoms with van der Waals surface area (Å²) in [7, 11) is 0. The third-order valence-electron chi connectivity index (χ3n) is 11.4. The molecule has 3 unspecified atom stereocenters. The molecule has 4 aliphatic rings. The van der Waals surface area contributed by atoms with Crippen LogP contribution in [0.2, 0.25) is 0 Å². The van der Waals surface area contributed by atoms with E-state index < -0.39 is 0 Å². The van der Waals surface area contributed by atoms with Crippen molar-refractivity contribution in [3.8, 4) is 11.1 Å². The summed E-state index contributed by atoms with van der Waals surface area (Å²) in [6, 6.07) is 50.6. The van der Waals surface area contributed by atoms with Gasteiger partial charge in [0.1, 0.15) is 11.4 Å². The average molecular weight is 698 g/mol. The number of amidine groups is 1. The number of allylic oxidation sites excluding steroid dienone is 2. The fraction of sp³-hybridized carbons (Fsp3) is 0.0625. The molecule has 2 aliphatic carbocycles. The van der Waals surface area contributed by atoms with E-state index in [4.69, 9.17) is 9.41 Å². The monoisotopic (exact) mass is 697 g/mol. The van der Waals surface area contributed by atoms with E-state index in [-0.39, 0.29) is 18.1 Å². The Bertz CT molecular complexity index is 3040. The standard InChI is InChI=1S/C48H31N3OS/c1-2-12-31(13-3-1)50-39-20-8-6-18-37(39)49-48(50)30-26-24-29(25-27-30)32-16-11-22-42-44(32)35-17-10-21-40(46(35)52-42)51-38-19-7-4-15-34(38)45-41(51)28-36-33-14-5-9-23-43(33)53-47(36)45/h1-28,37,39,41H. The van der Waals surface area contributed by atoms with E-state index in [0.717, 1.165) is 55.8 Å². The first kappa shape index (κ1) is 29.2. The molecule has 0 N–H and O–H groups in total. The summed E-state index contributed by atoms with van der Waals surface area (Å²) in [4.78, 5) is 10.1. The highest BCUT2D eigenvalue weighted by atomic mass is 32.1. The number of hydrogen-bond acceptors (Lipinski definition) is 5. The molecule has 53 heavy (non-hydrogen) atoms. The quantitative estimate of drug-likeness (QED) is 0.184. The molecule has 4 nitrogen and oxygen atoms in total. The second kappa shape index (κ2) is 11.0. The van der Waals surface area contributed by atoms with Crippen LogP contribution in [0.25, 0.3) is 54.8 Å². The van der Waals surface area contributed by atoms with E-state index in [1.807, 2.05) is 11.3 Å². The van der Waals surface area contributed by atoms with Gasteiger partial charge < -0.3 is 14.2 Å². The van der Waals surface area contributed by atoms with Crippen LogP contribution in [0.15, 0.2) is 173 Å². The molecule has 8 aromatic rings. The van der Waals surface area contributed by atoms with E-state index in [9.17, 15) is 0 Å². The first-order chi connectivity index (χ1) is 26.3. The van der Waals surface area contributed by atoms with Crippen LogP contribution in [0.3, 0.4) is 0 Å². The lowest BCUT2D eigenvalue weighted by molar-refractivity contribution is 0.668. The van der Waals surface area contributed by atoms with Crippen molar-refractivity contribution in [3.05, 3.63) is 185 Å². The molecule has 0 radical (unpaired) electrons. The number of rotatable bonds is 4. The lowest BCUT2D eigenvalue weighted by Crippen LogP contribution is -2.39. The number of thiophene rings is 1. The predicted octanol–water partition coefficient (Wildman–Crippen LogP) is 10.1. The van der Waals surface area contributed by atoms with Crippen LogP contribution in [0.1, 0.15) is 11.1 Å². The fourth-order valence-electron chi connectivity index (χ4n) is 9.08. The Labute approximate surface area is 309 Å². The molecule has 0 bridgehead atoms. The van der Waals surface area contributed by atoms with Crippen LogP contribution < -0.4 is 19.6 Å². The highest BCUT2D eigenvalue weighted by molar-refractivity contribution is 7.17. The lowest BCUT2D eigenvalue weighted by atomic mass is 9.97. The van der Waals surface area contributed by atoms with E-state index in [2.05, 4.69) is 180 Å². The molecule has 0 fully saturated rings. The first-order valence-electron chi connectivity index (χ1n) is 18.2. The van der Waals surface area contributed by atoms with Crippen molar-refractivity contribution in [1.29, 1.82) is 0 Å². The van der Waals surface area contributed by atoms with Gasteiger partial charge >= 0.3 is 0 Å². The Kier molecular flexibility index (Phi) is 6.08. The topological polar surface area (TPSA) is 32.0 Å². The van der Waals surface area contributed by atoms with Crippen molar-refractivity contribution < 1.29 is 4.42 Å². The van der Waals surface area contributed by atoms with Gasteiger partial charge in [0.25, 0.3) is 0 Å². The van der Waals surface area contributed by atoms with Crippen LogP contribution in [0.4, 0.5) is 17.1 Å². The molecule has 250 valence electrons. The van der Waals surface area contributed by atoms with Gasteiger partial charge in [-0.1, -0.05) is 127 Å². The molecule has 4 heterocycles. The number of aliphatic imine (C=N–C) groups is 1. The smallest absolute Gasteiger partial charge is 0.159 e. The zero-order chi connectivity index (χ0) is 34.6. The van der Waals surface area contributed by atoms with Crippen LogP contribution in [-0.2, 0) is 0 Å². The zero-order valence-electron chi connectivity index (χ0n) is 28.6. The fourth-order valence-corrected chi connectivity index (χ4v) is 10.4. The van der Waals surface area contributed by atoms with E-state index >= 15 is 0 Å². The van der Waals surface area contributed by atoms with Crippen molar-refractivity contribution in [1.82, 2.24) is 0 Å². The molecule has 2 aromatic heterocycles. The lowest BCUT2D eigenvalue weighted by Gasteiger charge is -2.29. The van der Waals surface area contributed by atoms with Crippen LogP contribution in [0, 0.1) is 0 Å². The van der Waals surface area contributed by atoms with Crippen molar-refractivity contribution in [2.24, 2.45) is 4.99 Å². The minimum atomic E-state index is 0.0968. The molecule has 2 aliphatic heterocycles. The average Bonchev–Trinajstić information content (AvgIpc) is 4.02. The zero-order valence-corrected chi connectivity index (χ0v) is 29.4. The Morgan fingerprint density at radius 3 is 2.26 bits per heavy atom. The molecular formula is C48H31N3OS. The maximum Gasteiger partial charge on any atom is 0.159 e. The summed E-state index contributed by atoms with van der Waals surface area (Å²) < 4.78 is 9.60. The van der Waals surface area contributed by atoms with Gasteiger partial charge in [-0.2, -0.15) is 0 Å². The number of hydrogen-bond donors (Lipinski definition) is 0. The second-order valence-electron chi connectivity index (χ2n) is 14.2. The molecule has 6 aromatic carbocycles. The van der Waals surface area contributed by atoms with Gasteiger partial charge in [-0.15, -0.1) is 11.3 Å². The predicted molar refractivity (Wildman–Crippen MR) is 221 cm³/mol. The van der Waals surface area contributed by atoms with Crippen molar-refractivity contribution in [2.75, 3.05) is 9.80 Å². The number of fused-ring (bicyclic) bond motifs is 10. The third-order valence-corrected chi connectivity index (χ3v) is 12.6. The molecule has 0 saturated heterocycles. The van der Waals surface area contributed by atoms with Gasteiger partial charge in [0, 0.05) is 53.5 Å². The van der Waals surface area contributed by atoms with Crippen LogP contribution in [0.5, 0.6) is 0 Å². The Hall–Kier alpha value is -6.43. The Morgan fingerprint density at radius 1 is 0.604 bits per heavy atom. The second-order valence-corrected chi connectivity index (χ2v) is 15.2. The van der Waals surface area contributed by atoms with E-state index in [1.54, 1.807) is 0 Å². The summed E-state index contributed by atoms with van der Waals surface area (Å²) in [5.74, 6) is 0.999. The first-order valence-corrected chi connectivity index (χ1v) is 19.1. The summed E-state index contributed by atoms with van der Waals surface area (Å²) in [6.45, 7) is 0. The molecule has 0 spiro atoms. The van der Waals surface area contributed by atoms with Crippen LogP contribution >= 0.6 is 11.3 Å². The molecule has 0 saturated carbocycles. The number of furan rings is 1. The van der Waals surface area contributed by atoms with E-state index in [1.165, 1.54) is 36.7 Å². The van der Waals surface area contributed by atoms with Gasteiger partial charge in [-0.3, -0.25) is 4.99 Å². The molecular weight excluding hydrogens is 667 g/mol. The SMILES string of the molecule is C1=CC2N=C(c3ccc(-c4cccc5oc6c(N7c8ccccc8C8=c9sc%10ccccc%10c9=CC87)cccc6c45)cc3)N(c3ccccc3)C2C=C1. The minimum absolute atomic E-state index is 0.0968. The van der Waals surface area contributed by atoms with Crippen molar-refractivity contribution in [3.63, 3.8) is 0 Å². The van der Waals surface area contributed by atoms with Crippen LogP contribution in [-0.4, -0.2) is 24.0 Å². The molecule has 3 atom stereocenters. The molecule has 12 rings (SSSR count). The highest BCUT2D eigenvalue weighted by Gasteiger charge is 2.39. The largest absolute Gasteiger partial charge is 0.454 e. The number of nitrogens with zero attached hydrogens (tertiary/aromatic N) is 3. The maximum atomic E-state index is 6.87. The summed E-state index contributed by atoms with van der Waals surface area (Å²) >= 11 is 1.91. The molecule has 5 heteroatoms. The van der Waals surface area contributed by atoms with Gasteiger partial charge in [-0.25, -0.2) is 0 Å². The number of anilines is 3. The Balaban J connectivity index is 0.974. The summed E-state index contributed by atoms with van der Waals surface area (Å²) in [5, 5.41) is 4.96. The van der Waals surface area contributed by atoms with Gasteiger partial charge in [-0.05, 0) is 58.8 Å². The Morgan fingerprint density at radius 2 is 1.34 bits per heavy atom. The molecule has 0 amide bonds. The summed E-state index contributed by atoms with van der Waals surface area (Å²) in [6.07, 6.45) is 11.2. The van der Waals surface area contributed by atoms with Gasteiger partial charge in [0.15, 0.2) is 5.58 Å². The summed E-state index contributed by atoms with van der Waals surface area (Å²) in [5.41, 5.74) is 11.4. The van der Waals surface area contributed by atoms with Crippen molar-refractivity contribution >= 4 is 77.9 Å².